The minimum atomic E-state index is 0.285. The number of hydrogen-bond donors (Lipinski definition) is 1. The molecule has 0 radical (unpaired) electrons. The number of benzene rings is 1. The van der Waals surface area contributed by atoms with Crippen molar-refractivity contribution in [2.75, 3.05) is 31.6 Å². The van der Waals surface area contributed by atoms with E-state index in [2.05, 4.69) is 69.2 Å². The van der Waals surface area contributed by atoms with Gasteiger partial charge >= 0.3 is 0 Å². The lowest BCUT2D eigenvalue weighted by Crippen LogP contribution is -2.39. The Hall–Kier alpha value is -1.02. The van der Waals surface area contributed by atoms with E-state index in [1.807, 2.05) is 0 Å². The van der Waals surface area contributed by atoms with Gasteiger partial charge in [0.2, 0.25) is 0 Å². The molecule has 0 aliphatic rings. The quantitative estimate of drug-likeness (QED) is 0.743. The zero-order valence-corrected chi connectivity index (χ0v) is 12.6. The van der Waals surface area contributed by atoms with Crippen molar-refractivity contribution >= 4 is 5.69 Å². The lowest BCUT2D eigenvalue weighted by atomic mass is 9.92. The van der Waals surface area contributed by atoms with E-state index in [9.17, 15) is 0 Å². The average Bonchev–Trinajstić information content (AvgIpc) is 2.28. The molecule has 0 unspecified atom stereocenters. The fourth-order valence-corrected chi connectivity index (χ4v) is 2.26. The van der Waals surface area contributed by atoms with Crippen LogP contribution in [0.25, 0.3) is 0 Å². The fourth-order valence-electron chi connectivity index (χ4n) is 2.26. The van der Waals surface area contributed by atoms with Crippen LogP contribution in [0.4, 0.5) is 5.69 Å². The molecule has 1 aromatic rings. The normalized spacial score (nSPS) is 11.6. The standard InChI is InChI=1S/C16H28N2/c1-6-10-17-12-16(3,4)13-18(5)15-9-7-8-14(2)11-15/h7-9,11,17H,6,10,12-13H2,1-5H3. The van der Waals surface area contributed by atoms with E-state index in [-0.39, 0.29) is 5.41 Å². The van der Waals surface area contributed by atoms with Crippen LogP contribution in [0.2, 0.25) is 0 Å². The minimum absolute atomic E-state index is 0.285. The lowest BCUT2D eigenvalue weighted by Gasteiger charge is -2.32. The Bertz CT molecular complexity index is 358. The molecule has 0 aromatic heterocycles. The van der Waals surface area contributed by atoms with Gasteiger partial charge in [-0.1, -0.05) is 32.9 Å². The van der Waals surface area contributed by atoms with Crippen molar-refractivity contribution < 1.29 is 0 Å². The first kappa shape index (κ1) is 15.0. The Morgan fingerprint density at radius 3 is 2.61 bits per heavy atom. The molecule has 0 spiro atoms. The maximum absolute atomic E-state index is 3.52. The topological polar surface area (TPSA) is 15.3 Å². The van der Waals surface area contributed by atoms with E-state index in [0.717, 1.165) is 19.6 Å². The van der Waals surface area contributed by atoms with Gasteiger partial charge in [-0.3, -0.25) is 0 Å². The highest BCUT2D eigenvalue weighted by Crippen LogP contribution is 2.21. The number of rotatable bonds is 7. The van der Waals surface area contributed by atoms with Gasteiger partial charge in [-0.25, -0.2) is 0 Å². The number of hydrogen-bond acceptors (Lipinski definition) is 2. The Morgan fingerprint density at radius 1 is 1.28 bits per heavy atom. The number of nitrogens with one attached hydrogen (secondary N) is 1. The number of anilines is 1. The molecule has 2 nitrogen and oxygen atoms in total. The predicted molar refractivity (Wildman–Crippen MR) is 81.4 cm³/mol. The maximum Gasteiger partial charge on any atom is 0.0366 e. The van der Waals surface area contributed by atoms with Crippen molar-refractivity contribution in [3.05, 3.63) is 29.8 Å². The summed E-state index contributed by atoms with van der Waals surface area (Å²) in [5.74, 6) is 0. The molecule has 0 amide bonds. The van der Waals surface area contributed by atoms with Crippen LogP contribution in [0.1, 0.15) is 32.8 Å². The molecule has 0 atom stereocenters. The van der Waals surface area contributed by atoms with Crippen LogP contribution in [0.5, 0.6) is 0 Å². The van der Waals surface area contributed by atoms with Gasteiger partial charge in [-0.15, -0.1) is 0 Å². The van der Waals surface area contributed by atoms with Crippen molar-refractivity contribution in [2.45, 2.75) is 34.1 Å². The van der Waals surface area contributed by atoms with E-state index in [4.69, 9.17) is 0 Å². The average molecular weight is 248 g/mol. The summed E-state index contributed by atoms with van der Waals surface area (Å²) in [6, 6.07) is 8.70. The minimum Gasteiger partial charge on any atom is -0.374 e. The molecule has 0 aliphatic heterocycles. The molecular formula is C16H28N2. The fraction of sp³-hybridized carbons (Fsp3) is 0.625. The molecule has 1 aromatic carbocycles. The highest BCUT2D eigenvalue weighted by atomic mass is 15.1. The molecule has 18 heavy (non-hydrogen) atoms. The van der Waals surface area contributed by atoms with Crippen molar-refractivity contribution in [3.63, 3.8) is 0 Å². The summed E-state index contributed by atoms with van der Waals surface area (Å²) in [6.45, 7) is 12.2. The van der Waals surface area contributed by atoms with E-state index >= 15 is 0 Å². The van der Waals surface area contributed by atoms with Crippen molar-refractivity contribution in [2.24, 2.45) is 5.41 Å². The molecule has 0 saturated heterocycles. The summed E-state index contributed by atoms with van der Waals surface area (Å²) in [5.41, 5.74) is 2.91. The zero-order chi connectivity index (χ0) is 13.6. The second-order valence-corrected chi connectivity index (χ2v) is 6.04. The molecule has 0 bridgehead atoms. The van der Waals surface area contributed by atoms with Gasteiger partial charge in [0.05, 0.1) is 0 Å². The summed E-state index contributed by atoms with van der Waals surface area (Å²) in [4.78, 5) is 2.35. The van der Waals surface area contributed by atoms with E-state index in [0.29, 0.717) is 0 Å². The SMILES string of the molecule is CCCNCC(C)(C)CN(C)c1cccc(C)c1. The van der Waals surface area contributed by atoms with Gasteiger partial charge in [-0.05, 0) is 43.0 Å². The van der Waals surface area contributed by atoms with Crippen LogP contribution in [-0.2, 0) is 0 Å². The van der Waals surface area contributed by atoms with Crippen LogP contribution in [0, 0.1) is 12.3 Å². The first-order valence-corrected chi connectivity index (χ1v) is 6.93. The largest absolute Gasteiger partial charge is 0.374 e. The lowest BCUT2D eigenvalue weighted by molar-refractivity contribution is 0.347. The van der Waals surface area contributed by atoms with Crippen LogP contribution in [0.15, 0.2) is 24.3 Å². The van der Waals surface area contributed by atoms with Crippen molar-refractivity contribution in [3.8, 4) is 0 Å². The van der Waals surface area contributed by atoms with Crippen molar-refractivity contribution in [1.29, 1.82) is 0 Å². The molecule has 0 aliphatic carbocycles. The third kappa shape index (κ3) is 5.09. The third-order valence-electron chi connectivity index (χ3n) is 3.14. The van der Waals surface area contributed by atoms with Crippen LogP contribution in [0.3, 0.4) is 0 Å². The maximum atomic E-state index is 3.52. The Morgan fingerprint density at radius 2 is 2.00 bits per heavy atom. The van der Waals surface area contributed by atoms with Gasteiger partial charge in [0.1, 0.15) is 0 Å². The highest BCUT2D eigenvalue weighted by molar-refractivity contribution is 5.47. The predicted octanol–water partition coefficient (Wildman–Crippen LogP) is 3.46. The summed E-state index contributed by atoms with van der Waals surface area (Å²) >= 11 is 0. The van der Waals surface area contributed by atoms with Gasteiger partial charge in [0.25, 0.3) is 0 Å². The second-order valence-electron chi connectivity index (χ2n) is 6.04. The van der Waals surface area contributed by atoms with E-state index in [1.165, 1.54) is 17.7 Å². The molecular weight excluding hydrogens is 220 g/mol. The first-order valence-electron chi connectivity index (χ1n) is 6.93. The van der Waals surface area contributed by atoms with Gasteiger partial charge in [-0.2, -0.15) is 0 Å². The molecule has 1 N–H and O–H groups in total. The molecule has 102 valence electrons. The molecule has 0 fully saturated rings. The monoisotopic (exact) mass is 248 g/mol. The Kier molecular flexibility index (Phi) is 5.67. The van der Waals surface area contributed by atoms with Gasteiger partial charge in [0, 0.05) is 25.8 Å². The summed E-state index contributed by atoms with van der Waals surface area (Å²) in [7, 11) is 2.18. The van der Waals surface area contributed by atoms with E-state index < -0.39 is 0 Å². The zero-order valence-electron chi connectivity index (χ0n) is 12.6. The highest BCUT2D eigenvalue weighted by Gasteiger charge is 2.19. The Labute approximate surface area is 112 Å². The first-order chi connectivity index (χ1) is 8.44. The van der Waals surface area contributed by atoms with Crippen molar-refractivity contribution in [1.82, 2.24) is 5.32 Å². The van der Waals surface area contributed by atoms with Crippen LogP contribution in [-0.4, -0.2) is 26.7 Å². The molecule has 0 saturated carbocycles. The molecule has 2 heteroatoms. The smallest absolute Gasteiger partial charge is 0.0366 e. The summed E-state index contributed by atoms with van der Waals surface area (Å²) < 4.78 is 0. The number of nitrogens with zero attached hydrogens (tertiary/aromatic N) is 1. The van der Waals surface area contributed by atoms with Crippen LogP contribution < -0.4 is 10.2 Å². The number of aryl methyl sites for hydroxylation is 1. The van der Waals surface area contributed by atoms with Gasteiger partial charge < -0.3 is 10.2 Å². The third-order valence-corrected chi connectivity index (χ3v) is 3.14. The Balaban J connectivity index is 2.55. The molecule has 0 heterocycles. The van der Waals surface area contributed by atoms with Gasteiger partial charge in [0.15, 0.2) is 0 Å². The summed E-state index contributed by atoms with van der Waals surface area (Å²) in [6.07, 6.45) is 1.20. The van der Waals surface area contributed by atoms with E-state index in [1.54, 1.807) is 0 Å². The van der Waals surface area contributed by atoms with Crippen LogP contribution >= 0.6 is 0 Å². The second kappa shape index (κ2) is 6.79. The summed E-state index contributed by atoms with van der Waals surface area (Å²) in [5, 5.41) is 3.52. The molecule has 1 rings (SSSR count).